The van der Waals surface area contributed by atoms with E-state index in [-0.39, 0.29) is 0 Å². The Kier molecular flexibility index (Phi) is 3.67. The van der Waals surface area contributed by atoms with E-state index in [9.17, 15) is 0 Å². The average molecular weight is 233 g/mol. The highest BCUT2D eigenvalue weighted by Gasteiger charge is 2.29. The van der Waals surface area contributed by atoms with Gasteiger partial charge in [0.1, 0.15) is 5.82 Å². The van der Waals surface area contributed by atoms with Crippen molar-refractivity contribution < 1.29 is 0 Å². The van der Waals surface area contributed by atoms with Crippen LogP contribution in [0.3, 0.4) is 0 Å². The van der Waals surface area contributed by atoms with Crippen LogP contribution >= 0.6 is 0 Å². The summed E-state index contributed by atoms with van der Waals surface area (Å²) in [5.74, 6) is 1.04. The van der Waals surface area contributed by atoms with E-state index in [1.54, 1.807) is 0 Å². The number of pyridine rings is 1. The molecule has 1 N–H and O–H groups in total. The van der Waals surface area contributed by atoms with Gasteiger partial charge in [0, 0.05) is 31.4 Å². The number of nitrogens with zero attached hydrogens (tertiary/aromatic N) is 2. The molecule has 1 aliphatic rings. The highest BCUT2D eigenvalue weighted by atomic mass is 15.2. The molecule has 94 valence electrons. The molecule has 0 amide bonds. The van der Waals surface area contributed by atoms with Gasteiger partial charge in [0.05, 0.1) is 0 Å². The van der Waals surface area contributed by atoms with Crippen LogP contribution in [0.25, 0.3) is 0 Å². The number of hydrogen-bond acceptors (Lipinski definition) is 3. The van der Waals surface area contributed by atoms with E-state index in [0.29, 0.717) is 5.41 Å². The van der Waals surface area contributed by atoms with Gasteiger partial charge in [0.15, 0.2) is 0 Å². The molecule has 2 rings (SSSR count). The zero-order valence-electron chi connectivity index (χ0n) is 11.2. The maximum atomic E-state index is 4.41. The van der Waals surface area contributed by atoms with Gasteiger partial charge in [0.2, 0.25) is 0 Å². The Hall–Kier alpha value is -1.09. The monoisotopic (exact) mass is 233 g/mol. The fourth-order valence-corrected chi connectivity index (χ4v) is 2.49. The SMILES string of the molecule is CCNc1ncccc1CN1CCC(C)(C)C1. The van der Waals surface area contributed by atoms with Crippen molar-refractivity contribution in [3.8, 4) is 0 Å². The summed E-state index contributed by atoms with van der Waals surface area (Å²) in [6, 6.07) is 4.20. The molecule has 1 saturated heterocycles. The summed E-state index contributed by atoms with van der Waals surface area (Å²) in [7, 11) is 0. The van der Waals surface area contributed by atoms with E-state index in [0.717, 1.165) is 18.9 Å². The molecule has 0 atom stereocenters. The Morgan fingerprint density at radius 1 is 1.47 bits per heavy atom. The largest absolute Gasteiger partial charge is 0.370 e. The molecule has 1 aromatic rings. The van der Waals surface area contributed by atoms with E-state index in [1.165, 1.54) is 25.1 Å². The van der Waals surface area contributed by atoms with Crippen LogP contribution in [0.4, 0.5) is 5.82 Å². The van der Waals surface area contributed by atoms with Crippen LogP contribution < -0.4 is 5.32 Å². The third kappa shape index (κ3) is 3.19. The Morgan fingerprint density at radius 3 is 2.94 bits per heavy atom. The van der Waals surface area contributed by atoms with Crippen LogP contribution in [0.1, 0.15) is 32.8 Å². The van der Waals surface area contributed by atoms with Crippen LogP contribution in [0.5, 0.6) is 0 Å². The van der Waals surface area contributed by atoms with E-state index in [1.807, 2.05) is 12.3 Å². The molecule has 0 aromatic carbocycles. The minimum Gasteiger partial charge on any atom is -0.370 e. The fourth-order valence-electron chi connectivity index (χ4n) is 2.49. The van der Waals surface area contributed by atoms with Crippen molar-refractivity contribution in [1.82, 2.24) is 9.88 Å². The molecule has 1 fully saturated rings. The lowest BCUT2D eigenvalue weighted by molar-refractivity contribution is 0.284. The molecule has 2 heterocycles. The third-order valence-electron chi connectivity index (χ3n) is 3.39. The highest BCUT2D eigenvalue weighted by Crippen LogP contribution is 2.30. The summed E-state index contributed by atoms with van der Waals surface area (Å²) >= 11 is 0. The minimum absolute atomic E-state index is 0.473. The normalized spacial score (nSPS) is 19.5. The molecule has 0 saturated carbocycles. The van der Waals surface area contributed by atoms with Crippen molar-refractivity contribution in [3.63, 3.8) is 0 Å². The second-order valence-corrected chi connectivity index (χ2v) is 5.67. The van der Waals surface area contributed by atoms with E-state index in [4.69, 9.17) is 0 Å². The van der Waals surface area contributed by atoms with Gasteiger partial charge in [-0.15, -0.1) is 0 Å². The van der Waals surface area contributed by atoms with Crippen molar-refractivity contribution in [2.75, 3.05) is 25.0 Å². The molecule has 0 unspecified atom stereocenters. The van der Waals surface area contributed by atoms with E-state index >= 15 is 0 Å². The topological polar surface area (TPSA) is 28.2 Å². The van der Waals surface area contributed by atoms with Crippen LogP contribution in [-0.4, -0.2) is 29.5 Å². The van der Waals surface area contributed by atoms with Crippen LogP contribution in [0.2, 0.25) is 0 Å². The van der Waals surface area contributed by atoms with Gasteiger partial charge >= 0.3 is 0 Å². The van der Waals surface area contributed by atoms with Crippen LogP contribution in [-0.2, 0) is 6.54 Å². The molecule has 1 aromatic heterocycles. The number of aromatic nitrogens is 1. The first kappa shape index (κ1) is 12.4. The predicted molar refractivity (Wildman–Crippen MR) is 72.1 cm³/mol. The van der Waals surface area contributed by atoms with Gasteiger partial charge in [-0.05, 0) is 31.4 Å². The standard InChI is InChI=1S/C14H23N3/c1-4-15-13-12(6-5-8-16-13)10-17-9-7-14(2,3)11-17/h5-6,8H,4,7,9-11H2,1-3H3,(H,15,16). The van der Waals surface area contributed by atoms with Crippen molar-refractivity contribution in [2.45, 2.75) is 33.7 Å². The Morgan fingerprint density at radius 2 is 2.29 bits per heavy atom. The second-order valence-electron chi connectivity index (χ2n) is 5.67. The van der Waals surface area contributed by atoms with Gasteiger partial charge in [-0.25, -0.2) is 4.98 Å². The number of hydrogen-bond donors (Lipinski definition) is 1. The quantitative estimate of drug-likeness (QED) is 0.866. The first-order valence-electron chi connectivity index (χ1n) is 6.51. The number of nitrogens with one attached hydrogen (secondary N) is 1. The molecule has 17 heavy (non-hydrogen) atoms. The zero-order valence-corrected chi connectivity index (χ0v) is 11.2. The fraction of sp³-hybridized carbons (Fsp3) is 0.643. The third-order valence-corrected chi connectivity index (χ3v) is 3.39. The Balaban J connectivity index is 2.03. The first-order valence-corrected chi connectivity index (χ1v) is 6.51. The molecule has 1 aliphatic heterocycles. The number of likely N-dealkylation sites (tertiary alicyclic amines) is 1. The van der Waals surface area contributed by atoms with Gasteiger partial charge in [-0.3, -0.25) is 4.90 Å². The van der Waals surface area contributed by atoms with Crippen molar-refractivity contribution in [1.29, 1.82) is 0 Å². The summed E-state index contributed by atoms with van der Waals surface area (Å²) < 4.78 is 0. The van der Waals surface area contributed by atoms with Crippen molar-refractivity contribution >= 4 is 5.82 Å². The van der Waals surface area contributed by atoms with E-state index < -0.39 is 0 Å². The summed E-state index contributed by atoms with van der Waals surface area (Å²) in [4.78, 5) is 6.93. The molecule has 3 nitrogen and oxygen atoms in total. The van der Waals surface area contributed by atoms with Gasteiger partial charge in [0.25, 0.3) is 0 Å². The maximum Gasteiger partial charge on any atom is 0.130 e. The lowest BCUT2D eigenvalue weighted by Crippen LogP contribution is -2.23. The molecule has 0 aliphatic carbocycles. The van der Waals surface area contributed by atoms with Gasteiger partial charge in [-0.1, -0.05) is 19.9 Å². The van der Waals surface area contributed by atoms with Gasteiger partial charge < -0.3 is 5.32 Å². The molecular weight excluding hydrogens is 210 g/mol. The first-order chi connectivity index (χ1) is 8.11. The minimum atomic E-state index is 0.473. The lowest BCUT2D eigenvalue weighted by Gasteiger charge is -2.20. The smallest absolute Gasteiger partial charge is 0.130 e. The summed E-state index contributed by atoms with van der Waals surface area (Å²) in [5, 5.41) is 3.33. The molecule has 0 radical (unpaired) electrons. The zero-order chi connectivity index (χ0) is 12.3. The summed E-state index contributed by atoms with van der Waals surface area (Å²) in [5.41, 5.74) is 1.78. The van der Waals surface area contributed by atoms with Gasteiger partial charge in [-0.2, -0.15) is 0 Å². The van der Waals surface area contributed by atoms with Crippen molar-refractivity contribution in [3.05, 3.63) is 23.9 Å². The highest BCUT2D eigenvalue weighted by molar-refractivity contribution is 5.43. The molecular formula is C14H23N3. The maximum absolute atomic E-state index is 4.41. The Labute approximate surface area is 104 Å². The summed E-state index contributed by atoms with van der Waals surface area (Å²) in [6.45, 7) is 11.1. The molecule has 0 spiro atoms. The van der Waals surface area contributed by atoms with Crippen molar-refractivity contribution in [2.24, 2.45) is 5.41 Å². The van der Waals surface area contributed by atoms with E-state index in [2.05, 4.69) is 42.0 Å². The Bertz CT molecular complexity index is 373. The van der Waals surface area contributed by atoms with Crippen LogP contribution in [0.15, 0.2) is 18.3 Å². The number of anilines is 1. The lowest BCUT2D eigenvalue weighted by atomic mass is 9.93. The number of rotatable bonds is 4. The summed E-state index contributed by atoms with van der Waals surface area (Å²) in [6.07, 6.45) is 3.15. The predicted octanol–water partition coefficient (Wildman–Crippen LogP) is 2.75. The average Bonchev–Trinajstić information content (AvgIpc) is 2.61. The molecule has 0 bridgehead atoms. The van der Waals surface area contributed by atoms with Crippen LogP contribution in [0, 0.1) is 5.41 Å². The second kappa shape index (κ2) is 5.05. The molecule has 3 heteroatoms.